The maximum atomic E-state index is 11.7. The van der Waals surface area contributed by atoms with Crippen molar-refractivity contribution in [1.82, 2.24) is 20.5 Å². The molecule has 2 heterocycles. The van der Waals surface area contributed by atoms with Crippen molar-refractivity contribution >= 4 is 47.2 Å². The molecule has 2 rings (SSSR count). The van der Waals surface area contributed by atoms with Gasteiger partial charge >= 0.3 is 0 Å². The lowest BCUT2D eigenvalue weighted by atomic mass is 10.3. The van der Waals surface area contributed by atoms with Gasteiger partial charge in [-0.25, -0.2) is 4.99 Å². The molecule has 2 aromatic heterocycles. The quantitative estimate of drug-likeness (QED) is 0.367. The molecule has 0 unspecified atom stereocenters. The molecule has 0 aliphatic heterocycles. The second kappa shape index (κ2) is 11.8. The number of carbonyl (C=O) groups is 1. The molecule has 0 saturated heterocycles. The number of halogens is 1. The second-order valence-electron chi connectivity index (χ2n) is 5.38. The lowest BCUT2D eigenvalue weighted by Crippen LogP contribution is -2.39. The number of amides is 1. The smallest absolute Gasteiger partial charge is 0.243 e. The summed E-state index contributed by atoms with van der Waals surface area (Å²) in [7, 11) is 3.45. The molecule has 0 bridgehead atoms. The third-order valence-electron chi connectivity index (χ3n) is 3.28. The van der Waals surface area contributed by atoms with Gasteiger partial charge in [-0.1, -0.05) is 12.1 Å². The summed E-state index contributed by atoms with van der Waals surface area (Å²) in [5, 5.41) is 8.56. The monoisotopic (exact) mass is 473 g/mol. The summed E-state index contributed by atoms with van der Waals surface area (Å²) in [4.78, 5) is 23.1. The molecular weight excluding hydrogens is 449 g/mol. The minimum Gasteiger partial charge on any atom is -0.356 e. The fourth-order valence-electron chi connectivity index (χ4n) is 1.90. The van der Waals surface area contributed by atoms with Crippen LogP contribution in [-0.2, 0) is 17.8 Å². The number of nitrogens with zero attached hydrogens (tertiary/aromatic N) is 3. The van der Waals surface area contributed by atoms with E-state index in [4.69, 9.17) is 0 Å². The van der Waals surface area contributed by atoms with Crippen molar-refractivity contribution in [2.45, 2.75) is 13.0 Å². The summed E-state index contributed by atoms with van der Waals surface area (Å²) in [6.45, 7) is 1.50. The van der Waals surface area contributed by atoms with Gasteiger partial charge in [0.15, 0.2) is 5.96 Å². The van der Waals surface area contributed by atoms with Crippen molar-refractivity contribution in [2.75, 3.05) is 27.2 Å². The van der Waals surface area contributed by atoms with E-state index in [1.807, 2.05) is 29.6 Å². The Balaban J connectivity index is 0.00000312. The van der Waals surface area contributed by atoms with E-state index in [1.165, 1.54) is 9.78 Å². The number of thiophene rings is 1. The van der Waals surface area contributed by atoms with Crippen LogP contribution in [0.25, 0.3) is 0 Å². The highest BCUT2D eigenvalue weighted by Gasteiger charge is 2.05. The molecule has 1 amide bonds. The van der Waals surface area contributed by atoms with Gasteiger partial charge in [0, 0.05) is 43.8 Å². The first kappa shape index (κ1) is 21.4. The van der Waals surface area contributed by atoms with Crippen LogP contribution in [-0.4, -0.2) is 48.9 Å². The van der Waals surface area contributed by atoms with Crippen molar-refractivity contribution in [2.24, 2.45) is 4.99 Å². The molecule has 25 heavy (non-hydrogen) atoms. The molecular formula is C17H24IN5OS. The maximum absolute atomic E-state index is 11.7. The van der Waals surface area contributed by atoms with E-state index >= 15 is 0 Å². The molecule has 0 atom stereocenters. The van der Waals surface area contributed by atoms with E-state index in [2.05, 4.69) is 26.7 Å². The molecule has 0 aliphatic rings. The summed E-state index contributed by atoms with van der Waals surface area (Å²) >= 11 is 1.68. The zero-order chi connectivity index (χ0) is 17.2. The van der Waals surface area contributed by atoms with Gasteiger partial charge in [-0.2, -0.15) is 0 Å². The topological polar surface area (TPSA) is 69.6 Å². The fourth-order valence-corrected chi connectivity index (χ4v) is 2.55. The summed E-state index contributed by atoms with van der Waals surface area (Å²) in [6, 6.07) is 9.95. The van der Waals surface area contributed by atoms with Crippen LogP contribution in [0.3, 0.4) is 0 Å². The van der Waals surface area contributed by atoms with Gasteiger partial charge in [0.05, 0.1) is 6.54 Å². The van der Waals surface area contributed by atoms with Crippen molar-refractivity contribution in [3.05, 3.63) is 52.5 Å². The Hall–Kier alpha value is -1.68. The van der Waals surface area contributed by atoms with Gasteiger partial charge in [0.25, 0.3) is 0 Å². The lowest BCUT2D eigenvalue weighted by molar-refractivity contribution is -0.127. The number of carbonyl (C=O) groups excluding carboxylic acids is 1. The van der Waals surface area contributed by atoms with Gasteiger partial charge in [0.2, 0.25) is 5.91 Å². The van der Waals surface area contributed by atoms with Crippen LogP contribution in [0, 0.1) is 0 Å². The van der Waals surface area contributed by atoms with Gasteiger partial charge in [-0.15, -0.1) is 35.3 Å². The highest BCUT2D eigenvalue weighted by Crippen LogP contribution is 2.07. The number of nitrogens with one attached hydrogen (secondary N) is 2. The Kier molecular flexibility index (Phi) is 10.1. The third-order valence-corrected chi connectivity index (χ3v) is 4.16. The third kappa shape index (κ3) is 8.30. The summed E-state index contributed by atoms with van der Waals surface area (Å²) < 4.78 is 0. The van der Waals surface area contributed by atoms with Crippen molar-refractivity contribution in [3.63, 3.8) is 0 Å². The number of aliphatic imine (C=N–C) groups is 1. The molecule has 136 valence electrons. The maximum Gasteiger partial charge on any atom is 0.243 e. The lowest BCUT2D eigenvalue weighted by Gasteiger charge is -2.13. The molecule has 0 saturated carbocycles. The molecule has 8 heteroatoms. The number of hydrogen-bond donors (Lipinski definition) is 2. The SMILES string of the molecule is CN(C)C(=O)CN=C(NCCc1ccccn1)NCc1cccs1.I. The molecule has 0 spiro atoms. The van der Waals surface area contributed by atoms with Gasteiger partial charge in [-0.3, -0.25) is 9.78 Å². The highest BCUT2D eigenvalue weighted by molar-refractivity contribution is 14.0. The molecule has 0 fully saturated rings. The first-order valence-electron chi connectivity index (χ1n) is 7.80. The summed E-state index contributed by atoms with van der Waals surface area (Å²) in [5.74, 6) is 0.603. The van der Waals surface area contributed by atoms with E-state index in [1.54, 1.807) is 31.6 Å². The van der Waals surface area contributed by atoms with E-state index < -0.39 is 0 Å². The van der Waals surface area contributed by atoms with E-state index in [9.17, 15) is 4.79 Å². The largest absolute Gasteiger partial charge is 0.356 e. The number of guanidine groups is 1. The molecule has 0 aromatic carbocycles. The van der Waals surface area contributed by atoms with Crippen molar-refractivity contribution in [3.8, 4) is 0 Å². The van der Waals surface area contributed by atoms with Crippen LogP contribution in [0.15, 0.2) is 46.9 Å². The van der Waals surface area contributed by atoms with Gasteiger partial charge in [0.1, 0.15) is 6.54 Å². The standard InChI is InChI=1S/C17H23N5OS.HI/c1-22(2)16(23)13-21-17(20-12-15-7-5-11-24-15)19-10-8-14-6-3-4-9-18-14;/h3-7,9,11H,8,10,12-13H2,1-2H3,(H2,19,20,21);1H. The molecule has 2 aromatic rings. The Morgan fingerprint density at radius 1 is 1.24 bits per heavy atom. The van der Waals surface area contributed by atoms with E-state index in [0.29, 0.717) is 19.0 Å². The first-order valence-corrected chi connectivity index (χ1v) is 8.68. The number of hydrogen-bond acceptors (Lipinski definition) is 4. The van der Waals surface area contributed by atoms with E-state index in [-0.39, 0.29) is 36.4 Å². The Morgan fingerprint density at radius 3 is 2.72 bits per heavy atom. The Labute approximate surface area is 169 Å². The summed E-state index contributed by atoms with van der Waals surface area (Å²) in [5.41, 5.74) is 1.02. The van der Waals surface area contributed by atoms with Crippen LogP contribution in [0.4, 0.5) is 0 Å². The van der Waals surface area contributed by atoms with Crippen LogP contribution in [0.2, 0.25) is 0 Å². The first-order chi connectivity index (χ1) is 11.6. The van der Waals surface area contributed by atoms with Gasteiger partial charge in [-0.05, 0) is 23.6 Å². The highest BCUT2D eigenvalue weighted by atomic mass is 127. The minimum atomic E-state index is -0.0306. The van der Waals surface area contributed by atoms with Crippen LogP contribution < -0.4 is 10.6 Å². The molecule has 0 aliphatic carbocycles. The Morgan fingerprint density at radius 2 is 2.08 bits per heavy atom. The van der Waals surface area contributed by atoms with Crippen LogP contribution in [0.5, 0.6) is 0 Å². The second-order valence-corrected chi connectivity index (χ2v) is 6.42. The van der Waals surface area contributed by atoms with E-state index in [0.717, 1.165) is 12.1 Å². The fraction of sp³-hybridized carbons (Fsp3) is 0.353. The zero-order valence-corrected chi connectivity index (χ0v) is 17.6. The van der Waals surface area contributed by atoms with Gasteiger partial charge < -0.3 is 15.5 Å². The van der Waals surface area contributed by atoms with Crippen LogP contribution in [0.1, 0.15) is 10.6 Å². The molecule has 0 radical (unpaired) electrons. The average molecular weight is 473 g/mol. The number of likely N-dealkylation sites (N-methyl/N-ethyl adjacent to an activating group) is 1. The minimum absolute atomic E-state index is 0. The van der Waals surface area contributed by atoms with Crippen molar-refractivity contribution in [1.29, 1.82) is 0 Å². The van der Waals surface area contributed by atoms with Crippen molar-refractivity contribution < 1.29 is 4.79 Å². The predicted octanol–water partition coefficient (Wildman–Crippen LogP) is 2.13. The number of aromatic nitrogens is 1. The normalized spacial score (nSPS) is 10.7. The molecule has 2 N–H and O–H groups in total. The summed E-state index contributed by atoms with van der Waals surface area (Å²) in [6.07, 6.45) is 2.58. The number of rotatable bonds is 7. The molecule has 6 nitrogen and oxygen atoms in total. The average Bonchev–Trinajstić information content (AvgIpc) is 3.10. The Bertz CT molecular complexity index is 646. The van der Waals surface area contributed by atoms with Crippen LogP contribution >= 0.6 is 35.3 Å². The predicted molar refractivity (Wildman–Crippen MR) is 114 cm³/mol. The zero-order valence-electron chi connectivity index (χ0n) is 14.4. The number of pyridine rings is 1.